The first kappa shape index (κ1) is 24.3. The van der Waals surface area contributed by atoms with Gasteiger partial charge >= 0.3 is 6.61 Å². The van der Waals surface area contributed by atoms with E-state index in [9.17, 15) is 18.4 Å². The van der Waals surface area contributed by atoms with Gasteiger partial charge in [0.15, 0.2) is 11.5 Å². The molecule has 0 fully saturated rings. The van der Waals surface area contributed by atoms with Crippen molar-refractivity contribution in [1.82, 2.24) is 31.1 Å². The van der Waals surface area contributed by atoms with Crippen LogP contribution < -0.4 is 20.3 Å². The number of carbonyl (C=O) groups is 2. The number of nitrogens with zero attached hydrogens (tertiary/aromatic N) is 4. The molecule has 12 heteroatoms. The molecule has 1 aromatic heterocycles. The number of ether oxygens (including phenoxy) is 2. The summed E-state index contributed by atoms with van der Waals surface area (Å²) in [4.78, 5) is 26.2. The Morgan fingerprint density at radius 1 is 0.917 bits per heavy atom. The quantitative estimate of drug-likeness (QED) is 0.361. The number of benzene rings is 3. The standard InChI is InChI=1S/C24H20F2N6O4/c1-35-20-13-18(11-12-19(20)36-24(25)26)23(34)29-28-22(33)17-9-7-15(8-10-17)14-32-30-21(27-31-32)16-5-3-2-4-6-16/h2-13,24H,14H2,1H3,(H,28,33)(H,29,34). The van der Waals surface area contributed by atoms with Gasteiger partial charge in [0.05, 0.1) is 13.7 Å². The fraction of sp³-hybridized carbons (Fsp3) is 0.125. The second-order valence-electron chi connectivity index (χ2n) is 7.36. The Morgan fingerprint density at radius 3 is 2.25 bits per heavy atom. The molecule has 0 aliphatic rings. The van der Waals surface area contributed by atoms with E-state index in [4.69, 9.17) is 4.74 Å². The molecule has 0 aliphatic carbocycles. The number of halogens is 2. The largest absolute Gasteiger partial charge is 0.493 e. The molecule has 2 N–H and O–H groups in total. The fourth-order valence-corrected chi connectivity index (χ4v) is 3.20. The normalized spacial score (nSPS) is 10.7. The average molecular weight is 494 g/mol. The number of alkyl halides is 2. The zero-order chi connectivity index (χ0) is 25.5. The molecule has 10 nitrogen and oxygen atoms in total. The molecule has 4 rings (SSSR count). The highest BCUT2D eigenvalue weighted by molar-refractivity contribution is 5.99. The van der Waals surface area contributed by atoms with Crippen LogP contribution in [0.3, 0.4) is 0 Å². The van der Waals surface area contributed by atoms with Gasteiger partial charge in [0.2, 0.25) is 5.82 Å². The number of aromatic nitrogens is 4. The monoisotopic (exact) mass is 494 g/mol. The highest BCUT2D eigenvalue weighted by atomic mass is 19.3. The van der Waals surface area contributed by atoms with Gasteiger partial charge in [0.25, 0.3) is 11.8 Å². The summed E-state index contributed by atoms with van der Waals surface area (Å²) in [5, 5.41) is 12.5. The Bertz CT molecular complexity index is 1350. The summed E-state index contributed by atoms with van der Waals surface area (Å²) in [5.74, 6) is -0.984. The van der Waals surface area contributed by atoms with Crippen molar-refractivity contribution in [2.45, 2.75) is 13.2 Å². The predicted octanol–water partition coefficient (Wildman–Crippen LogP) is 3.07. The summed E-state index contributed by atoms with van der Waals surface area (Å²) in [5.41, 5.74) is 6.63. The summed E-state index contributed by atoms with van der Waals surface area (Å²) >= 11 is 0. The van der Waals surface area contributed by atoms with E-state index in [-0.39, 0.29) is 17.1 Å². The maximum Gasteiger partial charge on any atom is 0.387 e. The third kappa shape index (κ3) is 5.97. The summed E-state index contributed by atoms with van der Waals surface area (Å²) in [6, 6.07) is 19.8. The van der Waals surface area contributed by atoms with Crippen molar-refractivity contribution < 1.29 is 27.8 Å². The molecule has 0 saturated heterocycles. The Balaban J connectivity index is 1.33. The van der Waals surface area contributed by atoms with Crippen LogP contribution >= 0.6 is 0 Å². The molecule has 1 heterocycles. The molecule has 0 unspecified atom stereocenters. The lowest BCUT2D eigenvalue weighted by molar-refractivity contribution is -0.0512. The van der Waals surface area contributed by atoms with Crippen LogP contribution in [0.25, 0.3) is 11.4 Å². The zero-order valence-corrected chi connectivity index (χ0v) is 18.9. The van der Waals surface area contributed by atoms with Crippen LogP contribution in [0.5, 0.6) is 11.5 Å². The third-order valence-electron chi connectivity index (χ3n) is 4.96. The first-order chi connectivity index (χ1) is 17.4. The van der Waals surface area contributed by atoms with Crippen LogP contribution in [-0.4, -0.2) is 45.7 Å². The number of rotatable bonds is 8. The fourth-order valence-electron chi connectivity index (χ4n) is 3.20. The molecule has 3 aromatic carbocycles. The van der Waals surface area contributed by atoms with Gasteiger partial charge in [-0.1, -0.05) is 42.5 Å². The van der Waals surface area contributed by atoms with Crippen LogP contribution in [0, 0.1) is 0 Å². The number of carbonyl (C=O) groups excluding carboxylic acids is 2. The van der Waals surface area contributed by atoms with E-state index in [1.165, 1.54) is 30.1 Å². The molecule has 184 valence electrons. The maximum absolute atomic E-state index is 12.5. The molecular weight excluding hydrogens is 474 g/mol. The number of amides is 2. The van der Waals surface area contributed by atoms with E-state index in [0.717, 1.165) is 11.1 Å². The minimum absolute atomic E-state index is 0.0531. The van der Waals surface area contributed by atoms with Crippen molar-refractivity contribution >= 4 is 11.8 Å². The smallest absolute Gasteiger partial charge is 0.387 e. The van der Waals surface area contributed by atoms with E-state index < -0.39 is 18.4 Å². The van der Waals surface area contributed by atoms with E-state index in [1.807, 2.05) is 30.3 Å². The van der Waals surface area contributed by atoms with E-state index in [0.29, 0.717) is 17.9 Å². The van der Waals surface area contributed by atoms with Gasteiger partial charge in [-0.3, -0.25) is 20.4 Å². The van der Waals surface area contributed by atoms with Crippen LogP contribution in [0.4, 0.5) is 8.78 Å². The second-order valence-corrected chi connectivity index (χ2v) is 7.36. The lowest BCUT2D eigenvalue weighted by Gasteiger charge is -2.12. The van der Waals surface area contributed by atoms with E-state index in [2.05, 4.69) is 31.0 Å². The van der Waals surface area contributed by atoms with Gasteiger partial charge in [-0.15, -0.1) is 10.2 Å². The Hall–Kier alpha value is -4.87. The van der Waals surface area contributed by atoms with Gasteiger partial charge < -0.3 is 9.47 Å². The number of nitrogens with one attached hydrogen (secondary N) is 2. The number of tetrazole rings is 1. The van der Waals surface area contributed by atoms with Crippen LogP contribution in [0.2, 0.25) is 0 Å². The van der Waals surface area contributed by atoms with Gasteiger partial charge in [-0.25, -0.2) is 0 Å². The molecule has 0 spiro atoms. The van der Waals surface area contributed by atoms with Crippen molar-refractivity contribution in [1.29, 1.82) is 0 Å². The predicted molar refractivity (Wildman–Crippen MR) is 123 cm³/mol. The third-order valence-corrected chi connectivity index (χ3v) is 4.96. The minimum Gasteiger partial charge on any atom is -0.493 e. The minimum atomic E-state index is -3.04. The average Bonchev–Trinajstić information content (AvgIpc) is 3.36. The van der Waals surface area contributed by atoms with Gasteiger partial charge in [0, 0.05) is 16.7 Å². The Morgan fingerprint density at radius 2 is 1.58 bits per heavy atom. The first-order valence-corrected chi connectivity index (χ1v) is 10.6. The van der Waals surface area contributed by atoms with Gasteiger partial charge in [-0.05, 0) is 41.1 Å². The van der Waals surface area contributed by atoms with Crippen LogP contribution in [0.15, 0.2) is 72.8 Å². The summed E-state index contributed by atoms with van der Waals surface area (Å²) in [6.45, 7) is -2.69. The lowest BCUT2D eigenvalue weighted by Crippen LogP contribution is -2.41. The maximum atomic E-state index is 12.5. The summed E-state index contributed by atoms with van der Waals surface area (Å²) in [6.07, 6.45) is 0. The zero-order valence-electron chi connectivity index (χ0n) is 18.9. The highest BCUT2D eigenvalue weighted by Gasteiger charge is 2.15. The molecule has 36 heavy (non-hydrogen) atoms. The molecule has 0 saturated carbocycles. The summed E-state index contributed by atoms with van der Waals surface area (Å²) < 4.78 is 34.2. The Kier molecular flexibility index (Phi) is 7.44. The second kappa shape index (κ2) is 11.0. The highest BCUT2D eigenvalue weighted by Crippen LogP contribution is 2.29. The topological polar surface area (TPSA) is 120 Å². The molecule has 4 aromatic rings. The van der Waals surface area contributed by atoms with E-state index >= 15 is 0 Å². The van der Waals surface area contributed by atoms with Crippen LogP contribution in [-0.2, 0) is 6.54 Å². The molecule has 0 radical (unpaired) electrons. The van der Waals surface area contributed by atoms with Crippen molar-refractivity contribution in [3.05, 3.63) is 89.5 Å². The van der Waals surface area contributed by atoms with Crippen molar-refractivity contribution in [3.8, 4) is 22.9 Å². The molecular formula is C24H20F2N6O4. The molecule has 2 amide bonds. The number of hydrogen-bond acceptors (Lipinski definition) is 7. The number of methoxy groups -OCH3 is 1. The summed E-state index contributed by atoms with van der Waals surface area (Å²) in [7, 11) is 1.25. The van der Waals surface area contributed by atoms with Crippen molar-refractivity contribution in [3.63, 3.8) is 0 Å². The molecule has 0 aliphatic heterocycles. The van der Waals surface area contributed by atoms with Crippen molar-refractivity contribution in [2.75, 3.05) is 7.11 Å². The first-order valence-electron chi connectivity index (χ1n) is 10.6. The van der Waals surface area contributed by atoms with Gasteiger partial charge in [-0.2, -0.15) is 13.6 Å². The van der Waals surface area contributed by atoms with Crippen molar-refractivity contribution in [2.24, 2.45) is 0 Å². The SMILES string of the molecule is COc1cc(C(=O)NNC(=O)c2ccc(Cn3nnc(-c4ccccc4)n3)cc2)ccc1OC(F)F. The van der Waals surface area contributed by atoms with Gasteiger partial charge in [0.1, 0.15) is 0 Å². The van der Waals surface area contributed by atoms with E-state index in [1.54, 1.807) is 24.3 Å². The number of hydrazine groups is 1. The lowest BCUT2D eigenvalue weighted by atomic mass is 10.1. The molecule has 0 bridgehead atoms. The molecule has 0 atom stereocenters. The Labute approximate surface area is 203 Å². The van der Waals surface area contributed by atoms with Crippen LogP contribution in [0.1, 0.15) is 26.3 Å². The number of hydrogen-bond donors (Lipinski definition) is 2.